The lowest BCUT2D eigenvalue weighted by molar-refractivity contribution is -0.188. The molecule has 10 heteroatoms. The van der Waals surface area contributed by atoms with Gasteiger partial charge in [-0.15, -0.1) is 10.2 Å². The summed E-state index contributed by atoms with van der Waals surface area (Å²) in [5.74, 6) is -1.31. The summed E-state index contributed by atoms with van der Waals surface area (Å²) < 4.78 is 43.4. The van der Waals surface area contributed by atoms with Crippen LogP contribution in [0, 0.1) is 5.92 Å². The Hall–Kier alpha value is -2.39. The highest BCUT2D eigenvalue weighted by Gasteiger charge is 2.42. The van der Waals surface area contributed by atoms with Crippen LogP contribution >= 0.6 is 0 Å². The second-order valence-corrected chi connectivity index (χ2v) is 5.34. The SMILES string of the molecule is O=C(Cn1nnc(-c2ccco2)n1)N1CCCC(C(F)(F)F)C1. The number of piperidine rings is 1. The Morgan fingerprint density at radius 3 is 2.96 bits per heavy atom. The van der Waals surface area contributed by atoms with E-state index in [9.17, 15) is 18.0 Å². The van der Waals surface area contributed by atoms with Gasteiger partial charge in [-0.1, -0.05) is 0 Å². The average Bonchev–Trinajstić information content (AvgIpc) is 3.17. The van der Waals surface area contributed by atoms with Crippen molar-refractivity contribution in [3.63, 3.8) is 0 Å². The van der Waals surface area contributed by atoms with Gasteiger partial charge in [0.25, 0.3) is 0 Å². The van der Waals surface area contributed by atoms with Crippen LogP contribution in [0.3, 0.4) is 0 Å². The first kappa shape index (κ1) is 15.5. The number of aromatic nitrogens is 4. The summed E-state index contributed by atoms with van der Waals surface area (Å²) in [6.07, 6.45) is -2.45. The molecule has 1 fully saturated rings. The van der Waals surface area contributed by atoms with Crippen LogP contribution in [0.25, 0.3) is 11.6 Å². The van der Waals surface area contributed by atoms with E-state index in [4.69, 9.17) is 4.42 Å². The van der Waals surface area contributed by atoms with Crippen LogP contribution in [-0.4, -0.2) is 50.3 Å². The third kappa shape index (κ3) is 3.51. The second-order valence-electron chi connectivity index (χ2n) is 5.34. The predicted octanol–water partition coefficient (Wildman–Crippen LogP) is 1.73. The highest BCUT2D eigenvalue weighted by Crippen LogP contribution is 2.33. The highest BCUT2D eigenvalue weighted by molar-refractivity contribution is 5.75. The van der Waals surface area contributed by atoms with Gasteiger partial charge in [0.15, 0.2) is 5.76 Å². The molecule has 1 amide bonds. The summed E-state index contributed by atoms with van der Waals surface area (Å²) in [4.78, 5) is 14.4. The number of alkyl halides is 3. The van der Waals surface area contributed by atoms with Crippen molar-refractivity contribution in [3.05, 3.63) is 18.4 Å². The summed E-state index contributed by atoms with van der Waals surface area (Å²) in [6.45, 7) is -0.258. The van der Waals surface area contributed by atoms with Crippen LogP contribution in [0.2, 0.25) is 0 Å². The molecule has 1 saturated heterocycles. The van der Waals surface area contributed by atoms with E-state index in [-0.39, 0.29) is 25.3 Å². The number of amides is 1. The number of tetrazole rings is 1. The molecule has 1 aliphatic rings. The second kappa shape index (κ2) is 6.01. The monoisotopic (exact) mass is 329 g/mol. The van der Waals surface area contributed by atoms with Gasteiger partial charge in [-0.25, -0.2) is 0 Å². The number of nitrogens with zero attached hydrogens (tertiary/aromatic N) is 5. The molecular formula is C13H14F3N5O2. The van der Waals surface area contributed by atoms with Crippen molar-refractivity contribution in [1.29, 1.82) is 0 Å². The van der Waals surface area contributed by atoms with Gasteiger partial charge >= 0.3 is 6.18 Å². The van der Waals surface area contributed by atoms with Crippen molar-refractivity contribution in [2.24, 2.45) is 5.92 Å². The average molecular weight is 329 g/mol. The van der Waals surface area contributed by atoms with Crippen molar-refractivity contribution in [1.82, 2.24) is 25.1 Å². The van der Waals surface area contributed by atoms with Crippen molar-refractivity contribution in [2.75, 3.05) is 13.1 Å². The number of carbonyl (C=O) groups excluding carboxylic acids is 1. The molecule has 7 nitrogen and oxygen atoms in total. The van der Waals surface area contributed by atoms with Gasteiger partial charge in [0.1, 0.15) is 6.54 Å². The minimum absolute atomic E-state index is 0.0531. The number of hydrogen-bond acceptors (Lipinski definition) is 5. The molecule has 0 saturated carbocycles. The summed E-state index contributed by atoms with van der Waals surface area (Å²) in [6, 6.07) is 3.30. The minimum Gasteiger partial charge on any atom is -0.461 e. The molecule has 2 aromatic heterocycles. The minimum atomic E-state index is -4.28. The van der Waals surface area contributed by atoms with Gasteiger partial charge in [0.2, 0.25) is 11.7 Å². The van der Waals surface area contributed by atoms with Crippen LogP contribution in [0.15, 0.2) is 22.8 Å². The van der Waals surface area contributed by atoms with Crippen LogP contribution < -0.4 is 0 Å². The summed E-state index contributed by atoms with van der Waals surface area (Å²) in [5, 5.41) is 11.5. The number of furan rings is 1. The number of halogens is 3. The summed E-state index contributed by atoms with van der Waals surface area (Å²) in [5.41, 5.74) is 0. The van der Waals surface area contributed by atoms with E-state index >= 15 is 0 Å². The standard InChI is InChI=1S/C13H14F3N5O2/c14-13(15,16)9-3-1-5-20(7-9)11(22)8-21-18-12(17-19-21)10-4-2-6-23-10/h2,4,6,9H,1,3,5,7-8H2. The molecule has 0 aromatic carbocycles. The summed E-state index contributed by atoms with van der Waals surface area (Å²) in [7, 11) is 0. The zero-order valence-electron chi connectivity index (χ0n) is 12.0. The molecule has 0 N–H and O–H groups in total. The van der Waals surface area contributed by atoms with E-state index in [0.717, 1.165) is 4.80 Å². The Labute approximate surface area is 129 Å². The van der Waals surface area contributed by atoms with Gasteiger partial charge in [-0.05, 0) is 30.2 Å². The lowest BCUT2D eigenvalue weighted by Crippen LogP contribution is -2.45. The molecule has 3 heterocycles. The third-order valence-electron chi connectivity index (χ3n) is 3.71. The van der Waals surface area contributed by atoms with Crippen LogP contribution in [-0.2, 0) is 11.3 Å². The van der Waals surface area contributed by atoms with Crippen LogP contribution in [0.4, 0.5) is 13.2 Å². The molecule has 0 radical (unpaired) electrons. The Morgan fingerprint density at radius 1 is 1.43 bits per heavy atom. The first-order valence-electron chi connectivity index (χ1n) is 7.09. The maximum Gasteiger partial charge on any atom is 0.393 e. The Morgan fingerprint density at radius 2 is 2.26 bits per heavy atom. The normalized spacial score (nSPS) is 19.1. The lowest BCUT2D eigenvalue weighted by Gasteiger charge is -2.33. The van der Waals surface area contributed by atoms with Crippen molar-refractivity contribution in [3.8, 4) is 11.6 Å². The predicted molar refractivity (Wildman–Crippen MR) is 70.9 cm³/mol. The maximum absolute atomic E-state index is 12.8. The zero-order valence-corrected chi connectivity index (χ0v) is 12.0. The highest BCUT2D eigenvalue weighted by atomic mass is 19.4. The van der Waals surface area contributed by atoms with E-state index in [1.807, 2.05) is 0 Å². The number of likely N-dealkylation sites (tertiary alicyclic amines) is 1. The molecule has 23 heavy (non-hydrogen) atoms. The lowest BCUT2D eigenvalue weighted by atomic mass is 9.97. The van der Waals surface area contributed by atoms with Crippen molar-refractivity contribution < 1.29 is 22.4 Å². The Kier molecular flexibility index (Phi) is 4.05. The molecule has 0 spiro atoms. The molecule has 0 bridgehead atoms. The third-order valence-corrected chi connectivity index (χ3v) is 3.71. The first-order chi connectivity index (χ1) is 10.9. The molecule has 0 aliphatic carbocycles. The van der Waals surface area contributed by atoms with Gasteiger partial charge in [-0.3, -0.25) is 4.79 Å². The Balaban J connectivity index is 1.63. The number of hydrogen-bond donors (Lipinski definition) is 0. The van der Waals surface area contributed by atoms with E-state index < -0.39 is 18.0 Å². The molecule has 124 valence electrons. The van der Waals surface area contributed by atoms with Crippen molar-refractivity contribution >= 4 is 5.91 Å². The topological polar surface area (TPSA) is 77.0 Å². The molecule has 2 aromatic rings. The molecule has 1 aliphatic heterocycles. The molecule has 1 atom stereocenters. The largest absolute Gasteiger partial charge is 0.461 e. The molecule has 3 rings (SSSR count). The molecular weight excluding hydrogens is 315 g/mol. The van der Waals surface area contributed by atoms with Crippen LogP contribution in [0.1, 0.15) is 12.8 Å². The maximum atomic E-state index is 12.8. The Bertz CT molecular complexity index is 667. The smallest absolute Gasteiger partial charge is 0.393 e. The molecule has 1 unspecified atom stereocenters. The number of carbonyl (C=O) groups is 1. The van der Waals surface area contributed by atoms with Gasteiger partial charge in [-0.2, -0.15) is 18.0 Å². The van der Waals surface area contributed by atoms with E-state index in [0.29, 0.717) is 18.7 Å². The van der Waals surface area contributed by atoms with E-state index in [1.54, 1.807) is 12.1 Å². The van der Waals surface area contributed by atoms with Gasteiger partial charge in [0, 0.05) is 13.1 Å². The van der Waals surface area contributed by atoms with Crippen molar-refractivity contribution in [2.45, 2.75) is 25.6 Å². The zero-order chi connectivity index (χ0) is 16.4. The quantitative estimate of drug-likeness (QED) is 0.857. The fourth-order valence-corrected chi connectivity index (χ4v) is 2.51. The fourth-order valence-electron chi connectivity index (χ4n) is 2.51. The van der Waals surface area contributed by atoms with Gasteiger partial charge < -0.3 is 9.32 Å². The van der Waals surface area contributed by atoms with E-state index in [1.165, 1.54) is 11.2 Å². The van der Waals surface area contributed by atoms with Gasteiger partial charge in [0.05, 0.1) is 12.2 Å². The first-order valence-corrected chi connectivity index (χ1v) is 7.09. The van der Waals surface area contributed by atoms with Crippen LogP contribution in [0.5, 0.6) is 0 Å². The fraction of sp³-hybridized carbons (Fsp3) is 0.538. The van der Waals surface area contributed by atoms with E-state index in [2.05, 4.69) is 15.4 Å². The number of rotatable bonds is 3. The summed E-state index contributed by atoms with van der Waals surface area (Å²) >= 11 is 0.